The first kappa shape index (κ1) is 18.2. The number of hydrogen-bond donors (Lipinski definition) is 1. The van der Waals surface area contributed by atoms with Gasteiger partial charge in [-0.15, -0.1) is 0 Å². The summed E-state index contributed by atoms with van der Waals surface area (Å²) in [7, 11) is 1.55. The number of amides is 1. The van der Waals surface area contributed by atoms with Crippen LogP contribution in [0, 0.1) is 0 Å². The van der Waals surface area contributed by atoms with Crippen LogP contribution in [0.15, 0.2) is 30.5 Å². The summed E-state index contributed by atoms with van der Waals surface area (Å²) in [5.74, 6) is 0.699. The van der Waals surface area contributed by atoms with Crippen molar-refractivity contribution in [3.63, 3.8) is 0 Å². The summed E-state index contributed by atoms with van der Waals surface area (Å²) in [6.45, 7) is 4.12. The molecule has 0 aromatic carbocycles. The Morgan fingerprint density at radius 1 is 1.27 bits per heavy atom. The number of hydrogen-bond acceptors (Lipinski definition) is 5. The summed E-state index contributed by atoms with van der Waals surface area (Å²) in [5, 5.41) is 3.01. The highest BCUT2D eigenvalue weighted by Crippen LogP contribution is 2.26. The Morgan fingerprint density at radius 2 is 2.08 bits per heavy atom. The lowest BCUT2D eigenvalue weighted by Crippen LogP contribution is -2.48. The van der Waals surface area contributed by atoms with Crippen molar-refractivity contribution in [2.24, 2.45) is 0 Å². The van der Waals surface area contributed by atoms with E-state index in [4.69, 9.17) is 9.47 Å². The number of ether oxygens (including phenoxy) is 2. The van der Waals surface area contributed by atoms with Crippen LogP contribution in [0.5, 0.6) is 11.8 Å². The molecule has 2 heterocycles. The second kappa shape index (κ2) is 7.72. The van der Waals surface area contributed by atoms with Crippen LogP contribution in [-0.4, -0.2) is 35.1 Å². The summed E-state index contributed by atoms with van der Waals surface area (Å²) in [6.07, 6.45) is 5.83. The zero-order chi connectivity index (χ0) is 18.6. The molecule has 1 amide bonds. The van der Waals surface area contributed by atoms with Gasteiger partial charge in [-0.25, -0.2) is 9.97 Å². The average Bonchev–Trinajstić information content (AvgIpc) is 2.66. The number of carbonyl (C=O) groups excluding carboxylic acids is 1. The third kappa shape index (κ3) is 4.31. The van der Waals surface area contributed by atoms with Crippen molar-refractivity contribution in [1.82, 2.24) is 15.3 Å². The molecule has 6 heteroatoms. The van der Waals surface area contributed by atoms with E-state index in [0.717, 1.165) is 36.9 Å². The van der Waals surface area contributed by atoms with E-state index in [1.165, 1.54) is 0 Å². The molecule has 138 valence electrons. The molecule has 0 bridgehead atoms. The number of carbonyl (C=O) groups is 1. The Hall–Kier alpha value is -2.63. The lowest BCUT2D eigenvalue weighted by atomic mass is 9.94. The molecular weight excluding hydrogens is 330 g/mol. The van der Waals surface area contributed by atoms with Crippen LogP contribution in [0.2, 0.25) is 0 Å². The maximum absolute atomic E-state index is 12.8. The molecule has 1 aliphatic rings. The van der Waals surface area contributed by atoms with E-state index in [1.807, 2.05) is 32.0 Å². The zero-order valence-corrected chi connectivity index (χ0v) is 15.5. The van der Waals surface area contributed by atoms with E-state index in [0.29, 0.717) is 23.9 Å². The van der Waals surface area contributed by atoms with Gasteiger partial charge in [-0.1, -0.05) is 6.07 Å². The Morgan fingerprint density at radius 3 is 2.81 bits per heavy atom. The lowest BCUT2D eigenvalue weighted by molar-refractivity contribution is 0.0874. The predicted octanol–water partition coefficient (Wildman–Crippen LogP) is 2.95. The van der Waals surface area contributed by atoms with Crippen LogP contribution in [0.1, 0.15) is 48.3 Å². The summed E-state index contributed by atoms with van der Waals surface area (Å²) < 4.78 is 11.0. The summed E-state index contributed by atoms with van der Waals surface area (Å²) in [6, 6.07) is 7.40. The molecule has 2 aromatic heterocycles. The van der Waals surface area contributed by atoms with Crippen molar-refractivity contribution in [3.8, 4) is 11.8 Å². The minimum atomic E-state index is -0.574. The summed E-state index contributed by atoms with van der Waals surface area (Å²) >= 11 is 0. The first-order valence-electron chi connectivity index (χ1n) is 8.92. The smallest absolute Gasteiger partial charge is 0.257 e. The highest BCUT2D eigenvalue weighted by molar-refractivity contribution is 5.97. The molecule has 0 saturated heterocycles. The van der Waals surface area contributed by atoms with Gasteiger partial charge in [0.15, 0.2) is 0 Å². The fourth-order valence-electron chi connectivity index (χ4n) is 3.03. The van der Waals surface area contributed by atoms with Gasteiger partial charge in [-0.05, 0) is 57.2 Å². The Kier molecular flexibility index (Phi) is 5.40. The van der Waals surface area contributed by atoms with Crippen molar-refractivity contribution in [2.45, 2.75) is 45.1 Å². The van der Waals surface area contributed by atoms with E-state index in [2.05, 4.69) is 15.3 Å². The van der Waals surface area contributed by atoms with Crippen LogP contribution >= 0.6 is 0 Å². The largest absolute Gasteiger partial charge is 0.480 e. The molecule has 1 aliphatic carbocycles. The third-order valence-electron chi connectivity index (χ3n) is 4.37. The van der Waals surface area contributed by atoms with Crippen LogP contribution < -0.4 is 14.8 Å². The molecule has 1 N–H and O–H groups in total. The molecule has 26 heavy (non-hydrogen) atoms. The average molecular weight is 355 g/mol. The molecule has 0 radical (unpaired) electrons. The van der Waals surface area contributed by atoms with Crippen molar-refractivity contribution < 1.29 is 14.3 Å². The van der Waals surface area contributed by atoms with Gasteiger partial charge in [-0.3, -0.25) is 4.79 Å². The molecule has 0 atom stereocenters. The lowest BCUT2D eigenvalue weighted by Gasteiger charge is -2.26. The van der Waals surface area contributed by atoms with Gasteiger partial charge in [0.2, 0.25) is 11.8 Å². The second-order valence-corrected chi connectivity index (χ2v) is 7.15. The van der Waals surface area contributed by atoms with Gasteiger partial charge in [0.1, 0.15) is 12.2 Å². The maximum atomic E-state index is 12.8. The SMILES string of the molecule is COc1nc2c(cc1C(=O)NC(C)(C)COc1ccccn1)CCCC2. The Balaban J connectivity index is 1.72. The zero-order valence-electron chi connectivity index (χ0n) is 15.5. The highest BCUT2D eigenvalue weighted by Gasteiger charge is 2.26. The maximum Gasteiger partial charge on any atom is 0.257 e. The summed E-state index contributed by atoms with van der Waals surface area (Å²) in [4.78, 5) is 21.5. The first-order valence-corrected chi connectivity index (χ1v) is 8.92. The number of methoxy groups -OCH3 is 1. The molecular formula is C20H25N3O3. The number of aryl methyl sites for hydroxylation is 2. The number of fused-ring (bicyclic) bond motifs is 1. The van der Waals surface area contributed by atoms with Crippen molar-refractivity contribution in [3.05, 3.63) is 47.3 Å². The van der Waals surface area contributed by atoms with Gasteiger partial charge in [0.05, 0.1) is 12.6 Å². The number of pyridine rings is 2. The minimum absolute atomic E-state index is 0.211. The van der Waals surface area contributed by atoms with Gasteiger partial charge >= 0.3 is 0 Å². The topological polar surface area (TPSA) is 73.3 Å². The fraction of sp³-hybridized carbons (Fsp3) is 0.450. The van der Waals surface area contributed by atoms with E-state index >= 15 is 0 Å². The molecule has 3 rings (SSSR count). The summed E-state index contributed by atoms with van der Waals surface area (Å²) in [5.41, 5.74) is 2.08. The fourth-order valence-corrected chi connectivity index (χ4v) is 3.03. The number of nitrogens with zero attached hydrogens (tertiary/aromatic N) is 2. The predicted molar refractivity (Wildman–Crippen MR) is 98.7 cm³/mol. The van der Waals surface area contributed by atoms with Gasteiger partial charge in [-0.2, -0.15) is 0 Å². The van der Waals surface area contributed by atoms with Crippen LogP contribution in [0.25, 0.3) is 0 Å². The van der Waals surface area contributed by atoms with Crippen LogP contribution in [0.3, 0.4) is 0 Å². The molecule has 0 aliphatic heterocycles. The second-order valence-electron chi connectivity index (χ2n) is 7.15. The molecule has 0 spiro atoms. The van der Waals surface area contributed by atoms with Gasteiger partial charge in [0, 0.05) is 18.0 Å². The normalized spacial score (nSPS) is 13.7. The monoisotopic (exact) mass is 355 g/mol. The third-order valence-corrected chi connectivity index (χ3v) is 4.37. The van der Waals surface area contributed by atoms with Crippen molar-refractivity contribution >= 4 is 5.91 Å². The molecule has 0 fully saturated rings. The first-order chi connectivity index (χ1) is 12.5. The molecule has 0 saturated carbocycles. The van der Waals surface area contributed by atoms with E-state index in [-0.39, 0.29) is 5.91 Å². The van der Waals surface area contributed by atoms with Crippen molar-refractivity contribution in [1.29, 1.82) is 0 Å². The number of aromatic nitrogens is 2. The Labute approximate surface area is 154 Å². The standard InChI is InChI=1S/C20H25N3O3/c1-20(2,13-26-17-10-6-7-11-21-17)23-18(24)15-12-14-8-4-5-9-16(14)22-19(15)25-3/h6-7,10-12H,4-5,8-9,13H2,1-3H3,(H,23,24). The van der Waals surface area contributed by atoms with E-state index in [1.54, 1.807) is 19.4 Å². The quantitative estimate of drug-likeness (QED) is 0.862. The van der Waals surface area contributed by atoms with Crippen LogP contribution in [-0.2, 0) is 12.8 Å². The minimum Gasteiger partial charge on any atom is -0.480 e. The van der Waals surface area contributed by atoms with Gasteiger partial charge < -0.3 is 14.8 Å². The Bertz CT molecular complexity index is 775. The number of rotatable bonds is 6. The van der Waals surface area contributed by atoms with Crippen LogP contribution in [0.4, 0.5) is 0 Å². The molecule has 6 nitrogen and oxygen atoms in total. The molecule has 2 aromatic rings. The van der Waals surface area contributed by atoms with E-state index < -0.39 is 5.54 Å². The van der Waals surface area contributed by atoms with Crippen molar-refractivity contribution in [2.75, 3.05) is 13.7 Å². The number of nitrogens with one attached hydrogen (secondary N) is 1. The van der Waals surface area contributed by atoms with E-state index in [9.17, 15) is 4.79 Å². The molecule has 0 unspecified atom stereocenters. The highest BCUT2D eigenvalue weighted by atomic mass is 16.5. The van der Waals surface area contributed by atoms with Gasteiger partial charge in [0.25, 0.3) is 5.91 Å².